The summed E-state index contributed by atoms with van der Waals surface area (Å²) in [5.74, 6) is 1.79. The highest BCUT2D eigenvalue weighted by molar-refractivity contribution is 6.30. The average Bonchev–Trinajstić information content (AvgIpc) is 2.76. The second kappa shape index (κ2) is 12.3. The number of likely N-dealkylation sites (tertiary alicyclic amines) is 1. The number of benzene rings is 1. The third-order valence-corrected chi connectivity index (χ3v) is 5.38. The minimum Gasteiger partial charge on any atom is -0.493 e. The fourth-order valence-corrected chi connectivity index (χ4v) is 3.59. The van der Waals surface area contributed by atoms with Gasteiger partial charge in [-0.25, -0.2) is 9.97 Å². The number of amides is 1. The van der Waals surface area contributed by atoms with Gasteiger partial charge in [-0.05, 0) is 63.0 Å². The molecule has 31 heavy (non-hydrogen) atoms. The molecule has 1 aromatic heterocycles. The lowest BCUT2D eigenvalue weighted by atomic mass is 9.97. The zero-order chi connectivity index (χ0) is 21.3. The molecule has 0 aliphatic carbocycles. The summed E-state index contributed by atoms with van der Waals surface area (Å²) in [5, 5.41) is 3.78. The smallest absolute Gasteiger partial charge is 0.267 e. The number of aromatic nitrogens is 2. The molecule has 2 aromatic rings. The Morgan fingerprint density at radius 2 is 2.06 bits per heavy atom. The SMILES string of the molecule is COc1ccc(Cl)cc1OCC1CCN(CCCNc2nccc(C(N)=O)n2)CC1.O. The average molecular weight is 452 g/mol. The van der Waals surface area contributed by atoms with Crippen LogP contribution in [0.5, 0.6) is 11.5 Å². The number of rotatable bonds is 10. The second-order valence-corrected chi connectivity index (χ2v) is 7.74. The lowest BCUT2D eigenvalue weighted by Crippen LogP contribution is -2.36. The van der Waals surface area contributed by atoms with Gasteiger partial charge in [0, 0.05) is 23.8 Å². The Kier molecular flexibility index (Phi) is 9.77. The van der Waals surface area contributed by atoms with E-state index in [4.69, 9.17) is 26.8 Å². The predicted molar refractivity (Wildman–Crippen MR) is 120 cm³/mol. The molecule has 1 saturated heterocycles. The molecule has 170 valence electrons. The van der Waals surface area contributed by atoms with Crippen LogP contribution in [-0.2, 0) is 0 Å². The summed E-state index contributed by atoms with van der Waals surface area (Å²) in [6.45, 7) is 4.50. The van der Waals surface area contributed by atoms with Crippen LogP contribution in [0.4, 0.5) is 5.95 Å². The molecular formula is C21H30ClN5O4. The number of nitrogens with zero attached hydrogens (tertiary/aromatic N) is 3. The van der Waals surface area contributed by atoms with E-state index in [1.165, 1.54) is 12.3 Å². The number of carbonyl (C=O) groups excluding carboxylic acids is 1. The Morgan fingerprint density at radius 3 is 2.77 bits per heavy atom. The molecule has 1 aliphatic rings. The number of methoxy groups -OCH3 is 1. The summed E-state index contributed by atoms with van der Waals surface area (Å²) in [6.07, 6.45) is 4.69. The summed E-state index contributed by atoms with van der Waals surface area (Å²) in [7, 11) is 1.63. The normalized spacial score (nSPS) is 14.5. The Hall–Kier alpha value is -2.62. The van der Waals surface area contributed by atoms with E-state index in [-0.39, 0.29) is 11.2 Å². The molecule has 0 unspecified atom stereocenters. The molecule has 2 heterocycles. The maximum absolute atomic E-state index is 11.2. The van der Waals surface area contributed by atoms with Gasteiger partial charge in [0.15, 0.2) is 11.5 Å². The van der Waals surface area contributed by atoms with Crippen molar-refractivity contribution >= 4 is 23.5 Å². The topological polar surface area (TPSA) is 134 Å². The highest BCUT2D eigenvalue weighted by atomic mass is 35.5. The van der Waals surface area contributed by atoms with Crippen LogP contribution in [0.15, 0.2) is 30.5 Å². The largest absolute Gasteiger partial charge is 0.493 e. The molecule has 1 aromatic carbocycles. The predicted octanol–water partition coefficient (Wildman–Crippen LogP) is 2.01. The number of hydrogen-bond donors (Lipinski definition) is 2. The number of primary amides is 1. The van der Waals surface area contributed by atoms with Gasteiger partial charge in [0.2, 0.25) is 5.95 Å². The van der Waals surface area contributed by atoms with E-state index in [1.807, 2.05) is 6.07 Å². The molecule has 1 fully saturated rings. The van der Waals surface area contributed by atoms with Crippen LogP contribution >= 0.6 is 11.6 Å². The summed E-state index contributed by atoms with van der Waals surface area (Å²) in [6, 6.07) is 6.92. The van der Waals surface area contributed by atoms with Crippen LogP contribution in [0.3, 0.4) is 0 Å². The van der Waals surface area contributed by atoms with E-state index in [2.05, 4.69) is 20.2 Å². The highest BCUT2D eigenvalue weighted by Gasteiger charge is 2.20. The van der Waals surface area contributed by atoms with Gasteiger partial charge in [0.25, 0.3) is 5.91 Å². The first-order valence-electron chi connectivity index (χ1n) is 10.1. The van der Waals surface area contributed by atoms with E-state index in [9.17, 15) is 4.79 Å². The van der Waals surface area contributed by atoms with Crippen molar-refractivity contribution in [3.05, 3.63) is 41.2 Å². The highest BCUT2D eigenvalue weighted by Crippen LogP contribution is 2.31. The van der Waals surface area contributed by atoms with Crippen LogP contribution < -0.4 is 20.5 Å². The van der Waals surface area contributed by atoms with Crippen molar-refractivity contribution in [2.45, 2.75) is 19.3 Å². The number of nitrogens with two attached hydrogens (primary N) is 1. The molecule has 0 atom stereocenters. The number of carbonyl (C=O) groups is 1. The standard InChI is InChI=1S/C21H28ClN5O3.H2O/c1-29-18-4-3-16(22)13-19(18)30-14-15-6-11-27(12-7-15)10-2-8-24-21-25-9-5-17(26-21)20(23)28;/h3-5,9,13,15H,2,6-8,10-12,14H2,1H3,(H2,23,28)(H,24,25,26);1H2. The third-order valence-electron chi connectivity index (χ3n) is 5.15. The maximum atomic E-state index is 11.2. The van der Waals surface area contributed by atoms with Crippen LogP contribution in [0.25, 0.3) is 0 Å². The zero-order valence-electron chi connectivity index (χ0n) is 17.6. The molecule has 0 bridgehead atoms. The van der Waals surface area contributed by atoms with Gasteiger partial charge >= 0.3 is 0 Å². The molecule has 5 N–H and O–H groups in total. The number of piperidine rings is 1. The van der Waals surface area contributed by atoms with Crippen molar-refractivity contribution in [1.82, 2.24) is 14.9 Å². The van der Waals surface area contributed by atoms with E-state index in [0.29, 0.717) is 35.0 Å². The fraction of sp³-hybridized carbons (Fsp3) is 0.476. The summed E-state index contributed by atoms with van der Waals surface area (Å²) < 4.78 is 11.3. The van der Waals surface area contributed by atoms with Crippen molar-refractivity contribution < 1.29 is 19.7 Å². The van der Waals surface area contributed by atoms with Gasteiger partial charge in [-0.2, -0.15) is 0 Å². The molecule has 0 saturated carbocycles. The number of hydrogen-bond acceptors (Lipinski definition) is 7. The molecule has 1 amide bonds. The summed E-state index contributed by atoms with van der Waals surface area (Å²) in [4.78, 5) is 21.8. The molecule has 3 rings (SSSR count). The van der Waals surface area contributed by atoms with Crippen molar-refractivity contribution in [2.24, 2.45) is 11.7 Å². The van der Waals surface area contributed by atoms with Gasteiger partial charge in [0.1, 0.15) is 5.69 Å². The lowest BCUT2D eigenvalue weighted by Gasteiger charge is -2.31. The van der Waals surface area contributed by atoms with E-state index in [1.54, 1.807) is 19.2 Å². The Bertz CT molecular complexity index is 846. The third kappa shape index (κ3) is 7.54. The number of halogens is 1. The Morgan fingerprint density at radius 1 is 1.29 bits per heavy atom. The first kappa shape index (κ1) is 24.6. The van der Waals surface area contributed by atoms with Gasteiger partial charge < -0.3 is 30.9 Å². The molecular weight excluding hydrogens is 422 g/mol. The van der Waals surface area contributed by atoms with Gasteiger partial charge in [-0.15, -0.1) is 0 Å². The fourth-order valence-electron chi connectivity index (χ4n) is 3.43. The molecule has 10 heteroatoms. The van der Waals surface area contributed by atoms with Crippen molar-refractivity contribution in [2.75, 3.05) is 45.2 Å². The van der Waals surface area contributed by atoms with Gasteiger partial charge in [-0.1, -0.05) is 11.6 Å². The van der Waals surface area contributed by atoms with Crippen LogP contribution in [-0.4, -0.2) is 66.1 Å². The second-order valence-electron chi connectivity index (χ2n) is 7.30. The van der Waals surface area contributed by atoms with E-state index >= 15 is 0 Å². The number of ether oxygens (including phenoxy) is 2. The monoisotopic (exact) mass is 451 g/mol. The van der Waals surface area contributed by atoms with E-state index in [0.717, 1.165) is 45.4 Å². The van der Waals surface area contributed by atoms with Gasteiger partial charge in [0.05, 0.1) is 13.7 Å². The minimum absolute atomic E-state index is 0. The molecule has 9 nitrogen and oxygen atoms in total. The first-order chi connectivity index (χ1) is 14.5. The number of anilines is 1. The lowest BCUT2D eigenvalue weighted by molar-refractivity contribution is 0.0995. The van der Waals surface area contributed by atoms with Gasteiger partial charge in [-0.3, -0.25) is 4.79 Å². The summed E-state index contributed by atoms with van der Waals surface area (Å²) in [5.41, 5.74) is 5.45. The van der Waals surface area contributed by atoms with Crippen LogP contribution in [0, 0.1) is 5.92 Å². The van der Waals surface area contributed by atoms with Crippen LogP contribution in [0.2, 0.25) is 5.02 Å². The first-order valence-corrected chi connectivity index (χ1v) is 10.5. The van der Waals surface area contributed by atoms with E-state index < -0.39 is 5.91 Å². The van der Waals surface area contributed by atoms with Crippen molar-refractivity contribution in [3.8, 4) is 11.5 Å². The number of nitrogens with one attached hydrogen (secondary N) is 1. The molecule has 1 aliphatic heterocycles. The van der Waals surface area contributed by atoms with Crippen molar-refractivity contribution in [3.63, 3.8) is 0 Å². The van der Waals surface area contributed by atoms with Crippen molar-refractivity contribution in [1.29, 1.82) is 0 Å². The molecule has 0 radical (unpaired) electrons. The summed E-state index contributed by atoms with van der Waals surface area (Å²) >= 11 is 6.06. The zero-order valence-corrected chi connectivity index (χ0v) is 18.4. The molecule has 0 spiro atoms. The Balaban J connectivity index is 0.00000341. The van der Waals surface area contributed by atoms with Crippen LogP contribution in [0.1, 0.15) is 29.8 Å². The quantitative estimate of drug-likeness (QED) is 0.527. The maximum Gasteiger partial charge on any atom is 0.267 e. The minimum atomic E-state index is -0.555. The Labute approximate surface area is 187 Å².